The van der Waals surface area contributed by atoms with E-state index < -0.39 is 5.79 Å². The zero-order valence-corrected chi connectivity index (χ0v) is 16.6. The zero-order valence-electron chi connectivity index (χ0n) is 16.6. The van der Waals surface area contributed by atoms with Gasteiger partial charge in [0, 0.05) is 11.8 Å². The van der Waals surface area contributed by atoms with Crippen LogP contribution in [0.5, 0.6) is 0 Å². The van der Waals surface area contributed by atoms with E-state index in [0.717, 1.165) is 42.6 Å². The van der Waals surface area contributed by atoms with E-state index in [1.807, 2.05) is 23.0 Å². The zero-order chi connectivity index (χ0) is 20.2. The molecule has 0 N–H and O–H groups in total. The van der Waals surface area contributed by atoms with E-state index in [0.29, 0.717) is 0 Å². The van der Waals surface area contributed by atoms with Crippen molar-refractivity contribution in [2.24, 2.45) is 5.41 Å². The van der Waals surface area contributed by atoms with Crippen LogP contribution >= 0.6 is 0 Å². The number of fused-ring (bicyclic) bond motifs is 3. The van der Waals surface area contributed by atoms with Gasteiger partial charge in [-0.05, 0) is 55.2 Å². The molecule has 1 saturated carbocycles. The fourth-order valence-corrected chi connectivity index (χ4v) is 5.15. The molecule has 2 heterocycles. The van der Waals surface area contributed by atoms with Gasteiger partial charge in [0.25, 0.3) is 0 Å². The summed E-state index contributed by atoms with van der Waals surface area (Å²) in [4.78, 5) is 0. The van der Waals surface area contributed by atoms with Crippen molar-refractivity contribution in [3.8, 4) is 5.69 Å². The molecule has 1 aromatic carbocycles. The van der Waals surface area contributed by atoms with Gasteiger partial charge in [-0.25, -0.2) is 9.07 Å². The summed E-state index contributed by atoms with van der Waals surface area (Å²) in [5.41, 5.74) is 4.08. The van der Waals surface area contributed by atoms with Gasteiger partial charge in [0.15, 0.2) is 5.79 Å². The number of halogens is 1. The van der Waals surface area contributed by atoms with Crippen molar-refractivity contribution in [1.29, 1.82) is 0 Å². The summed E-state index contributed by atoms with van der Waals surface area (Å²) in [6.45, 7) is 10.1. The molecule has 0 bridgehead atoms. The second kappa shape index (κ2) is 6.51. The van der Waals surface area contributed by atoms with Gasteiger partial charge in [0.2, 0.25) is 0 Å². The SMILES string of the molecule is C=C[C@H]1OC2(CCCC3=Cc4c(cnn4-c4ccc(F)cc4)C[C@@]32C)O[C@@H]1C=C. The standard InChI is InChI=1S/C24H25FN2O2/c1-4-21-22(5-2)29-24(28-21)12-6-7-17-13-20-16(14-23(17,24)3)15-26-27(20)19-10-8-18(25)9-11-19/h4-5,8-11,13,15,21-22H,1-2,6-7,12,14H2,3H3/t21-,22-,23+/m1/s1. The fraction of sp³-hybridized carbons (Fsp3) is 0.375. The Hall–Kier alpha value is -2.50. The van der Waals surface area contributed by atoms with Gasteiger partial charge < -0.3 is 9.47 Å². The number of ether oxygens (including phenoxy) is 2. The fourth-order valence-electron chi connectivity index (χ4n) is 5.15. The van der Waals surface area contributed by atoms with Crippen LogP contribution in [-0.4, -0.2) is 27.8 Å². The van der Waals surface area contributed by atoms with E-state index in [4.69, 9.17) is 9.47 Å². The number of aromatic nitrogens is 2. The first-order chi connectivity index (χ1) is 14.0. The molecule has 5 rings (SSSR count). The van der Waals surface area contributed by atoms with Crippen LogP contribution in [0.25, 0.3) is 11.8 Å². The van der Waals surface area contributed by atoms with Gasteiger partial charge >= 0.3 is 0 Å². The third kappa shape index (κ3) is 2.61. The predicted molar refractivity (Wildman–Crippen MR) is 110 cm³/mol. The monoisotopic (exact) mass is 392 g/mol. The van der Waals surface area contributed by atoms with E-state index in [9.17, 15) is 4.39 Å². The third-order valence-corrected chi connectivity index (χ3v) is 6.76. The molecule has 1 saturated heterocycles. The molecule has 2 fully saturated rings. The van der Waals surface area contributed by atoms with E-state index in [1.54, 1.807) is 12.1 Å². The summed E-state index contributed by atoms with van der Waals surface area (Å²) in [7, 11) is 0. The minimum atomic E-state index is -0.690. The van der Waals surface area contributed by atoms with Crippen molar-refractivity contribution in [2.75, 3.05) is 0 Å². The van der Waals surface area contributed by atoms with Gasteiger partial charge in [-0.15, -0.1) is 13.2 Å². The molecule has 2 aromatic rings. The summed E-state index contributed by atoms with van der Waals surface area (Å²) in [6.07, 6.45) is 11.0. The maximum absolute atomic E-state index is 13.3. The molecule has 2 aliphatic carbocycles. The largest absolute Gasteiger partial charge is 0.339 e. The Morgan fingerprint density at radius 2 is 1.86 bits per heavy atom. The topological polar surface area (TPSA) is 36.3 Å². The quantitative estimate of drug-likeness (QED) is 0.690. The molecule has 4 nitrogen and oxygen atoms in total. The van der Waals surface area contributed by atoms with Gasteiger partial charge in [0.05, 0.1) is 17.6 Å². The smallest absolute Gasteiger partial charge is 0.179 e. The van der Waals surface area contributed by atoms with E-state index >= 15 is 0 Å². The molecule has 29 heavy (non-hydrogen) atoms. The summed E-state index contributed by atoms with van der Waals surface area (Å²) >= 11 is 0. The van der Waals surface area contributed by atoms with Gasteiger partial charge in [-0.1, -0.05) is 24.6 Å². The molecule has 3 aliphatic rings. The van der Waals surface area contributed by atoms with Crippen molar-refractivity contribution < 1.29 is 13.9 Å². The van der Waals surface area contributed by atoms with Crippen LogP contribution in [0.15, 0.2) is 61.3 Å². The average molecular weight is 392 g/mol. The molecule has 150 valence electrons. The van der Waals surface area contributed by atoms with Gasteiger partial charge in [-0.2, -0.15) is 5.10 Å². The molecule has 3 atom stereocenters. The van der Waals surface area contributed by atoms with E-state index in [2.05, 4.69) is 31.3 Å². The molecule has 1 spiro atoms. The lowest BCUT2D eigenvalue weighted by Gasteiger charge is -2.51. The highest BCUT2D eigenvalue weighted by Crippen LogP contribution is 2.58. The highest BCUT2D eigenvalue weighted by atomic mass is 19.1. The summed E-state index contributed by atoms with van der Waals surface area (Å²) in [5.74, 6) is -0.941. The second-order valence-corrected chi connectivity index (χ2v) is 8.36. The number of rotatable bonds is 3. The lowest BCUT2D eigenvalue weighted by molar-refractivity contribution is -0.243. The van der Waals surface area contributed by atoms with Crippen LogP contribution in [0.1, 0.15) is 37.4 Å². The van der Waals surface area contributed by atoms with Crippen LogP contribution in [0.2, 0.25) is 0 Å². The Balaban J connectivity index is 1.57. The molecular formula is C24H25FN2O2. The lowest BCUT2D eigenvalue weighted by atomic mass is 9.62. The Morgan fingerprint density at radius 3 is 2.52 bits per heavy atom. The van der Waals surface area contributed by atoms with Gasteiger partial charge in [-0.3, -0.25) is 0 Å². The first kappa shape index (κ1) is 18.5. The van der Waals surface area contributed by atoms with Crippen molar-refractivity contribution in [3.05, 3.63) is 78.4 Å². The summed E-state index contributed by atoms with van der Waals surface area (Å²) in [5, 5.41) is 4.60. The van der Waals surface area contributed by atoms with Crippen molar-refractivity contribution in [1.82, 2.24) is 9.78 Å². The highest BCUT2D eigenvalue weighted by Gasteiger charge is 2.61. The van der Waals surface area contributed by atoms with Crippen LogP contribution < -0.4 is 0 Å². The third-order valence-electron chi connectivity index (χ3n) is 6.76. The molecule has 1 aromatic heterocycles. The molecule has 0 amide bonds. The molecule has 0 unspecified atom stereocenters. The van der Waals surface area contributed by atoms with E-state index in [-0.39, 0.29) is 23.4 Å². The van der Waals surface area contributed by atoms with Crippen molar-refractivity contribution in [3.63, 3.8) is 0 Å². The molecule has 1 aliphatic heterocycles. The van der Waals surface area contributed by atoms with Crippen molar-refractivity contribution >= 4 is 6.08 Å². The number of hydrogen-bond donors (Lipinski definition) is 0. The number of nitrogens with zero attached hydrogens (tertiary/aromatic N) is 2. The maximum Gasteiger partial charge on any atom is 0.179 e. The first-order valence-corrected chi connectivity index (χ1v) is 10.1. The van der Waals surface area contributed by atoms with Crippen LogP contribution in [0, 0.1) is 11.2 Å². The van der Waals surface area contributed by atoms with Crippen LogP contribution in [0.4, 0.5) is 4.39 Å². The molecular weight excluding hydrogens is 367 g/mol. The maximum atomic E-state index is 13.3. The molecule has 0 radical (unpaired) electrons. The van der Waals surface area contributed by atoms with E-state index in [1.165, 1.54) is 17.7 Å². The predicted octanol–water partition coefficient (Wildman–Crippen LogP) is 4.99. The minimum Gasteiger partial charge on any atom is -0.339 e. The highest BCUT2D eigenvalue weighted by molar-refractivity contribution is 5.62. The van der Waals surface area contributed by atoms with Crippen LogP contribution in [-0.2, 0) is 15.9 Å². The number of benzene rings is 1. The Kier molecular flexibility index (Phi) is 4.16. The Bertz CT molecular complexity index is 990. The van der Waals surface area contributed by atoms with Gasteiger partial charge in [0.1, 0.15) is 18.0 Å². The summed E-state index contributed by atoms with van der Waals surface area (Å²) < 4.78 is 28.3. The number of hydrogen-bond acceptors (Lipinski definition) is 3. The average Bonchev–Trinajstić information content (AvgIpc) is 3.29. The Labute approximate surface area is 170 Å². The minimum absolute atomic E-state index is 0.188. The lowest BCUT2D eigenvalue weighted by Crippen LogP contribution is -2.53. The Morgan fingerprint density at radius 1 is 1.17 bits per heavy atom. The van der Waals surface area contributed by atoms with Crippen molar-refractivity contribution in [2.45, 2.75) is 50.6 Å². The summed E-state index contributed by atoms with van der Waals surface area (Å²) in [6, 6.07) is 6.43. The first-order valence-electron chi connectivity index (χ1n) is 10.1. The molecule has 5 heteroatoms. The normalized spacial score (nSPS) is 29.8. The van der Waals surface area contributed by atoms with Crippen LogP contribution in [0.3, 0.4) is 0 Å². The second-order valence-electron chi connectivity index (χ2n) is 8.36.